The minimum Gasteiger partial charge on any atom is -0.484 e. The van der Waals surface area contributed by atoms with Crippen LogP contribution in [0.5, 0.6) is 5.75 Å². The van der Waals surface area contributed by atoms with Gasteiger partial charge in [0.15, 0.2) is 0 Å². The molecule has 0 saturated carbocycles. The van der Waals surface area contributed by atoms with Crippen molar-refractivity contribution in [2.45, 2.75) is 32.4 Å². The molecule has 0 aliphatic heterocycles. The Bertz CT molecular complexity index is 553. The Morgan fingerprint density at radius 3 is 2.45 bits per heavy atom. The molecule has 2 aromatic rings. The summed E-state index contributed by atoms with van der Waals surface area (Å²) in [6.45, 7) is 4.03. The first-order valence-corrected chi connectivity index (χ1v) is 6.84. The van der Waals surface area contributed by atoms with E-state index in [-0.39, 0.29) is 18.0 Å². The van der Waals surface area contributed by atoms with Crippen LogP contribution in [0.25, 0.3) is 0 Å². The molecule has 0 aliphatic rings. The van der Waals surface area contributed by atoms with Gasteiger partial charge in [-0.25, -0.2) is 4.39 Å². The van der Waals surface area contributed by atoms with Gasteiger partial charge in [0, 0.05) is 6.04 Å². The zero-order valence-corrected chi connectivity index (χ0v) is 11.8. The lowest BCUT2D eigenvalue weighted by atomic mass is 10.0. The number of rotatable bonds is 5. The fourth-order valence-corrected chi connectivity index (χ4v) is 2.10. The predicted molar refractivity (Wildman–Crippen MR) is 79.2 cm³/mol. The summed E-state index contributed by atoms with van der Waals surface area (Å²) < 4.78 is 19.1. The molecule has 2 unspecified atom stereocenters. The van der Waals surface area contributed by atoms with Crippen LogP contribution in [-0.4, -0.2) is 6.04 Å². The summed E-state index contributed by atoms with van der Waals surface area (Å²) in [4.78, 5) is 0. The maximum Gasteiger partial charge on any atom is 0.139 e. The van der Waals surface area contributed by atoms with Gasteiger partial charge < -0.3 is 10.5 Å². The van der Waals surface area contributed by atoms with E-state index in [1.165, 1.54) is 12.1 Å². The summed E-state index contributed by atoms with van der Waals surface area (Å²) >= 11 is 0. The number of aryl methyl sites for hydroxylation is 1. The van der Waals surface area contributed by atoms with E-state index in [2.05, 4.69) is 0 Å². The van der Waals surface area contributed by atoms with Crippen molar-refractivity contribution < 1.29 is 9.13 Å². The highest BCUT2D eigenvalue weighted by molar-refractivity contribution is 5.29. The Kier molecular flexibility index (Phi) is 4.74. The number of ether oxygens (including phenoxy) is 1. The average Bonchev–Trinajstić information content (AvgIpc) is 2.45. The molecule has 0 fully saturated rings. The van der Waals surface area contributed by atoms with E-state index < -0.39 is 0 Å². The molecule has 106 valence electrons. The molecular formula is C17H20FNO. The average molecular weight is 273 g/mol. The first-order valence-electron chi connectivity index (χ1n) is 6.84. The van der Waals surface area contributed by atoms with Gasteiger partial charge in [-0.15, -0.1) is 0 Å². The van der Waals surface area contributed by atoms with Gasteiger partial charge in [-0.3, -0.25) is 0 Å². The summed E-state index contributed by atoms with van der Waals surface area (Å²) in [5, 5.41) is 0. The molecule has 2 aromatic carbocycles. The molecule has 0 saturated heterocycles. The third-order valence-electron chi connectivity index (χ3n) is 3.31. The van der Waals surface area contributed by atoms with Crippen LogP contribution >= 0.6 is 0 Å². The van der Waals surface area contributed by atoms with Crippen LogP contribution in [0.15, 0.2) is 48.5 Å². The number of nitrogens with two attached hydrogens (primary N) is 1. The van der Waals surface area contributed by atoms with Crippen LogP contribution in [0.4, 0.5) is 4.39 Å². The van der Waals surface area contributed by atoms with E-state index in [4.69, 9.17) is 10.5 Å². The van der Waals surface area contributed by atoms with Crippen molar-refractivity contribution in [3.8, 4) is 5.75 Å². The number of halogens is 1. The lowest BCUT2D eigenvalue weighted by Gasteiger charge is -2.25. The molecule has 0 amide bonds. The monoisotopic (exact) mass is 273 g/mol. The standard InChI is InChI=1S/C17H20FNO/c1-3-16(19)17(13-7-9-14(18)10-8-13)20-15-6-4-5-12(2)11-15/h4-11,16-17H,3,19H2,1-2H3. The fourth-order valence-electron chi connectivity index (χ4n) is 2.10. The second-order valence-electron chi connectivity index (χ2n) is 4.98. The first-order chi connectivity index (χ1) is 9.60. The molecule has 3 heteroatoms. The van der Waals surface area contributed by atoms with Gasteiger partial charge in [-0.05, 0) is 48.7 Å². The summed E-state index contributed by atoms with van der Waals surface area (Å²) in [5.41, 5.74) is 8.18. The normalized spacial score (nSPS) is 13.8. The van der Waals surface area contributed by atoms with Crippen LogP contribution in [0, 0.1) is 12.7 Å². The predicted octanol–water partition coefficient (Wildman–Crippen LogP) is 3.99. The second kappa shape index (κ2) is 6.53. The first kappa shape index (κ1) is 14.5. The van der Waals surface area contributed by atoms with Crippen LogP contribution in [0.3, 0.4) is 0 Å². The van der Waals surface area contributed by atoms with Crippen molar-refractivity contribution >= 4 is 0 Å². The smallest absolute Gasteiger partial charge is 0.139 e. The third kappa shape index (κ3) is 3.58. The summed E-state index contributed by atoms with van der Waals surface area (Å²) in [6.07, 6.45) is 0.510. The quantitative estimate of drug-likeness (QED) is 0.894. The summed E-state index contributed by atoms with van der Waals surface area (Å²) in [6, 6.07) is 14.0. The maximum absolute atomic E-state index is 13.0. The Morgan fingerprint density at radius 1 is 1.15 bits per heavy atom. The topological polar surface area (TPSA) is 35.2 Å². The highest BCUT2D eigenvalue weighted by Gasteiger charge is 2.20. The fraction of sp³-hybridized carbons (Fsp3) is 0.294. The van der Waals surface area contributed by atoms with Gasteiger partial charge in [-0.1, -0.05) is 31.2 Å². The highest BCUT2D eigenvalue weighted by Crippen LogP contribution is 2.26. The SMILES string of the molecule is CCC(N)C(Oc1cccc(C)c1)c1ccc(F)cc1. The van der Waals surface area contributed by atoms with Gasteiger partial charge in [0.25, 0.3) is 0 Å². The zero-order chi connectivity index (χ0) is 14.5. The molecule has 0 aliphatic carbocycles. The molecule has 2 rings (SSSR count). The van der Waals surface area contributed by atoms with Crippen molar-refractivity contribution in [1.82, 2.24) is 0 Å². The molecule has 2 atom stereocenters. The van der Waals surface area contributed by atoms with E-state index in [0.717, 1.165) is 23.3 Å². The van der Waals surface area contributed by atoms with Crippen molar-refractivity contribution in [3.63, 3.8) is 0 Å². The number of hydrogen-bond donors (Lipinski definition) is 1. The van der Waals surface area contributed by atoms with Gasteiger partial charge in [0.2, 0.25) is 0 Å². The maximum atomic E-state index is 13.0. The van der Waals surface area contributed by atoms with Crippen molar-refractivity contribution in [2.24, 2.45) is 5.73 Å². The second-order valence-corrected chi connectivity index (χ2v) is 4.98. The van der Waals surface area contributed by atoms with Crippen molar-refractivity contribution in [2.75, 3.05) is 0 Å². The number of hydrogen-bond acceptors (Lipinski definition) is 2. The molecule has 0 radical (unpaired) electrons. The van der Waals surface area contributed by atoms with E-state index in [1.807, 2.05) is 38.1 Å². The van der Waals surface area contributed by atoms with Crippen LogP contribution in [-0.2, 0) is 0 Å². The van der Waals surface area contributed by atoms with Crippen LogP contribution in [0.1, 0.15) is 30.6 Å². The minimum absolute atomic E-state index is 0.138. The molecule has 0 heterocycles. The van der Waals surface area contributed by atoms with E-state index in [1.54, 1.807) is 12.1 Å². The minimum atomic E-state index is -0.276. The van der Waals surface area contributed by atoms with Gasteiger partial charge in [-0.2, -0.15) is 0 Å². The van der Waals surface area contributed by atoms with Crippen molar-refractivity contribution in [1.29, 1.82) is 0 Å². The molecule has 0 spiro atoms. The van der Waals surface area contributed by atoms with Crippen LogP contribution in [0.2, 0.25) is 0 Å². The van der Waals surface area contributed by atoms with E-state index in [9.17, 15) is 4.39 Å². The van der Waals surface area contributed by atoms with Gasteiger partial charge in [0.05, 0.1) is 0 Å². The third-order valence-corrected chi connectivity index (χ3v) is 3.31. The van der Waals surface area contributed by atoms with Crippen molar-refractivity contribution in [3.05, 3.63) is 65.5 Å². The van der Waals surface area contributed by atoms with E-state index >= 15 is 0 Å². The van der Waals surface area contributed by atoms with E-state index in [0.29, 0.717) is 0 Å². The lowest BCUT2D eigenvalue weighted by molar-refractivity contribution is 0.171. The van der Waals surface area contributed by atoms with Crippen LogP contribution < -0.4 is 10.5 Å². The molecule has 20 heavy (non-hydrogen) atoms. The largest absolute Gasteiger partial charge is 0.484 e. The number of benzene rings is 2. The summed E-state index contributed by atoms with van der Waals surface area (Å²) in [5.74, 6) is 0.524. The molecule has 0 aromatic heterocycles. The molecule has 2 nitrogen and oxygen atoms in total. The summed E-state index contributed by atoms with van der Waals surface area (Å²) in [7, 11) is 0. The Labute approximate surface area is 119 Å². The molecule has 0 bridgehead atoms. The lowest BCUT2D eigenvalue weighted by Crippen LogP contribution is -2.31. The Morgan fingerprint density at radius 2 is 1.85 bits per heavy atom. The molecule has 2 N–H and O–H groups in total. The molecular weight excluding hydrogens is 253 g/mol. The highest BCUT2D eigenvalue weighted by atomic mass is 19.1. The van der Waals surface area contributed by atoms with Gasteiger partial charge >= 0.3 is 0 Å². The Hall–Kier alpha value is -1.87. The van der Waals surface area contributed by atoms with Gasteiger partial charge in [0.1, 0.15) is 17.7 Å². The Balaban J connectivity index is 2.26. The zero-order valence-electron chi connectivity index (χ0n) is 11.8.